The molecule has 1 aliphatic heterocycles. The van der Waals surface area contributed by atoms with Crippen LogP contribution in [0.1, 0.15) is 44.4 Å². The van der Waals surface area contributed by atoms with Crippen LogP contribution in [-0.2, 0) is 15.1 Å². The number of imide groups is 1. The van der Waals surface area contributed by atoms with Crippen LogP contribution in [0.5, 0.6) is 0 Å². The van der Waals surface area contributed by atoms with Crippen molar-refractivity contribution in [3.8, 4) is 0 Å². The van der Waals surface area contributed by atoms with Crippen LogP contribution in [-0.4, -0.2) is 29.4 Å². The molecular weight excluding hydrogens is 399 g/mol. The van der Waals surface area contributed by atoms with E-state index in [1.165, 1.54) is 12.1 Å². The molecule has 1 heterocycles. The van der Waals surface area contributed by atoms with E-state index in [0.29, 0.717) is 12.0 Å². The Morgan fingerprint density at radius 3 is 2.35 bits per heavy atom. The molecule has 2 atom stereocenters. The number of hydrazine groups is 1. The van der Waals surface area contributed by atoms with Crippen LogP contribution in [0, 0.1) is 11.7 Å². The van der Waals surface area contributed by atoms with Crippen molar-refractivity contribution in [2.75, 3.05) is 6.54 Å². The van der Waals surface area contributed by atoms with E-state index in [-0.39, 0.29) is 24.3 Å². The van der Waals surface area contributed by atoms with Gasteiger partial charge in [0.15, 0.2) is 6.54 Å². The average molecular weight is 428 g/mol. The Labute approximate surface area is 181 Å². The molecule has 0 aliphatic carbocycles. The minimum Gasteiger partial charge on any atom is -0.332 e. The first-order valence-corrected chi connectivity index (χ1v) is 10.4. The molecular formula is C23H28FN4O3+. The van der Waals surface area contributed by atoms with Gasteiger partial charge in [-0.2, -0.15) is 5.01 Å². The molecule has 164 valence electrons. The number of carbonyl (C=O) groups excluding carboxylic acids is 3. The van der Waals surface area contributed by atoms with Crippen molar-refractivity contribution in [1.82, 2.24) is 15.8 Å². The number of urea groups is 1. The molecule has 0 saturated carbocycles. The van der Waals surface area contributed by atoms with Crippen LogP contribution >= 0.6 is 0 Å². The Balaban J connectivity index is 1.68. The first-order chi connectivity index (χ1) is 14.8. The van der Waals surface area contributed by atoms with Gasteiger partial charge < -0.3 is 10.6 Å². The van der Waals surface area contributed by atoms with Gasteiger partial charge in [0.2, 0.25) is 0 Å². The lowest BCUT2D eigenvalue weighted by atomic mass is 9.87. The summed E-state index contributed by atoms with van der Waals surface area (Å²) in [6.07, 6.45) is 0.347. The minimum atomic E-state index is -1.20. The van der Waals surface area contributed by atoms with E-state index in [0.717, 1.165) is 10.6 Å². The summed E-state index contributed by atoms with van der Waals surface area (Å²) < 4.78 is 13.2. The summed E-state index contributed by atoms with van der Waals surface area (Å²) in [5.41, 5.74) is 2.79. The number of benzene rings is 2. The second kappa shape index (κ2) is 9.26. The number of hydrogen-bond donors (Lipinski definition) is 3. The smallest absolute Gasteiger partial charge is 0.332 e. The number of nitrogens with two attached hydrogens (primary N) is 1. The van der Waals surface area contributed by atoms with E-state index < -0.39 is 23.4 Å². The van der Waals surface area contributed by atoms with Gasteiger partial charge in [-0.3, -0.25) is 15.0 Å². The van der Waals surface area contributed by atoms with Crippen LogP contribution in [0.2, 0.25) is 0 Å². The fraction of sp³-hybridized carbons (Fsp3) is 0.348. The summed E-state index contributed by atoms with van der Waals surface area (Å²) in [5.74, 6) is -1.13. The van der Waals surface area contributed by atoms with Gasteiger partial charge >= 0.3 is 6.03 Å². The van der Waals surface area contributed by atoms with Crippen molar-refractivity contribution in [2.45, 2.75) is 38.8 Å². The Kier molecular flexibility index (Phi) is 6.70. The third kappa shape index (κ3) is 4.59. The largest absolute Gasteiger partial charge is 0.344 e. The van der Waals surface area contributed by atoms with E-state index in [1.54, 1.807) is 43.3 Å². The highest BCUT2D eigenvalue weighted by molar-refractivity contribution is 6.08. The molecule has 0 aromatic heterocycles. The lowest BCUT2D eigenvalue weighted by Gasteiger charge is -2.25. The van der Waals surface area contributed by atoms with E-state index in [2.05, 4.69) is 10.7 Å². The van der Waals surface area contributed by atoms with Crippen molar-refractivity contribution in [3.05, 3.63) is 71.5 Å². The summed E-state index contributed by atoms with van der Waals surface area (Å²) in [7, 11) is 0. The maximum atomic E-state index is 13.2. The summed E-state index contributed by atoms with van der Waals surface area (Å²) in [4.78, 5) is 38.2. The third-order valence-corrected chi connectivity index (χ3v) is 5.66. The molecule has 7 nitrogen and oxygen atoms in total. The summed E-state index contributed by atoms with van der Waals surface area (Å²) in [6, 6.07) is 14.4. The number of carbonyl (C=O) groups is 3. The zero-order valence-electron chi connectivity index (χ0n) is 17.9. The fourth-order valence-electron chi connectivity index (χ4n) is 3.92. The van der Waals surface area contributed by atoms with Gasteiger partial charge in [0.05, 0.1) is 0 Å². The van der Waals surface area contributed by atoms with Gasteiger partial charge in [0, 0.05) is 11.5 Å². The predicted molar refractivity (Wildman–Crippen MR) is 113 cm³/mol. The van der Waals surface area contributed by atoms with E-state index >= 15 is 0 Å². The van der Waals surface area contributed by atoms with E-state index in [9.17, 15) is 18.8 Å². The fourth-order valence-corrected chi connectivity index (χ4v) is 3.92. The van der Waals surface area contributed by atoms with Gasteiger partial charge in [-0.25, -0.2) is 9.18 Å². The second-order valence-electron chi connectivity index (χ2n) is 7.99. The van der Waals surface area contributed by atoms with Crippen LogP contribution in [0.25, 0.3) is 0 Å². The molecule has 0 radical (unpaired) electrons. The number of amides is 4. The minimum absolute atomic E-state index is 0.00173. The number of nitrogens with zero attached hydrogens (tertiary/aromatic N) is 1. The second-order valence-corrected chi connectivity index (χ2v) is 7.99. The molecule has 0 bridgehead atoms. The summed E-state index contributed by atoms with van der Waals surface area (Å²) in [5, 5.41) is 5.30. The first kappa shape index (κ1) is 22.4. The standard InChI is InChI=1S/C23H27FN4O3/c1-4-23(17-8-6-5-7-9-17)21(30)28(22(31)26-23)27-19(29)14-25-20(15(2)3)16-10-12-18(24)13-11-16/h5-13,15,20,25H,4,14H2,1-3H3,(H,26,31)(H,27,29)/p+1/t20-,23-/m0/s1. The molecule has 2 aromatic rings. The number of nitrogens with one attached hydrogen (secondary N) is 2. The van der Waals surface area contributed by atoms with Crippen LogP contribution in [0.15, 0.2) is 54.6 Å². The number of rotatable bonds is 8. The molecule has 4 amide bonds. The normalized spacial score (nSPS) is 19.5. The predicted octanol–water partition coefficient (Wildman–Crippen LogP) is 1.97. The Hall–Kier alpha value is -3.26. The quantitative estimate of drug-likeness (QED) is 0.562. The number of hydrogen-bond acceptors (Lipinski definition) is 3. The van der Waals surface area contributed by atoms with E-state index in [4.69, 9.17) is 0 Å². The average Bonchev–Trinajstić information content (AvgIpc) is 3.00. The van der Waals surface area contributed by atoms with E-state index in [1.807, 2.05) is 25.2 Å². The lowest BCUT2D eigenvalue weighted by Crippen LogP contribution is -2.88. The molecule has 31 heavy (non-hydrogen) atoms. The molecule has 1 aliphatic rings. The molecule has 8 heteroatoms. The van der Waals surface area contributed by atoms with Crippen LogP contribution in [0.4, 0.5) is 9.18 Å². The third-order valence-electron chi connectivity index (χ3n) is 5.66. The van der Waals surface area contributed by atoms with Gasteiger partial charge in [-0.1, -0.05) is 63.2 Å². The van der Waals surface area contributed by atoms with Crippen molar-refractivity contribution in [2.24, 2.45) is 5.92 Å². The highest BCUT2D eigenvalue weighted by Gasteiger charge is 2.52. The highest BCUT2D eigenvalue weighted by Crippen LogP contribution is 2.31. The van der Waals surface area contributed by atoms with Gasteiger partial charge in [0.1, 0.15) is 17.4 Å². The Bertz CT molecular complexity index is 949. The number of halogens is 1. The van der Waals surface area contributed by atoms with Gasteiger partial charge in [0.25, 0.3) is 11.8 Å². The summed E-state index contributed by atoms with van der Waals surface area (Å²) >= 11 is 0. The topological polar surface area (TPSA) is 95.1 Å². The first-order valence-electron chi connectivity index (χ1n) is 10.4. The van der Waals surface area contributed by atoms with Crippen LogP contribution in [0.3, 0.4) is 0 Å². The van der Waals surface area contributed by atoms with Crippen molar-refractivity contribution < 1.29 is 24.1 Å². The maximum Gasteiger partial charge on any atom is 0.344 e. The van der Waals surface area contributed by atoms with Gasteiger partial charge in [-0.05, 0) is 24.1 Å². The molecule has 4 N–H and O–H groups in total. The lowest BCUT2D eigenvalue weighted by molar-refractivity contribution is -0.692. The SMILES string of the molecule is CC[C@@]1(c2ccccc2)NC(=O)N(NC(=O)C[NH2+][C@H](c2ccc(F)cc2)C(C)C)C1=O. The maximum absolute atomic E-state index is 13.2. The van der Waals surface area contributed by atoms with Crippen molar-refractivity contribution in [3.63, 3.8) is 0 Å². The monoisotopic (exact) mass is 427 g/mol. The number of quaternary nitrogens is 1. The van der Waals surface area contributed by atoms with Crippen molar-refractivity contribution in [1.29, 1.82) is 0 Å². The molecule has 0 unspecified atom stereocenters. The van der Waals surface area contributed by atoms with Crippen LogP contribution < -0.4 is 16.1 Å². The van der Waals surface area contributed by atoms with Gasteiger partial charge in [-0.15, -0.1) is 0 Å². The molecule has 1 fully saturated rings. The Morgan fingerprint density at radius 2 is 1.77 bits per heavy atom. The Morgan fingerprint density at radius 1 is 1.13 bits per heavy atom. The highest BCUT2D eigenvalue weighted by atomic mass is 19.1. The molecule has 2 aromatic carbocycles. The molecule has 3 rings (SSSR count). The summed E-state index contributed by atoms with van der Waals surface area (Å²) in [6.45, 7) is 5.83. The molecule has 0 spiro atoms. The zero-order chi connectivity index (χ0) is 22.6. The zero-order valence-corrected chi connectivity index (χ0v) is 17.9. The molecule has 1 saturated heterocycles. The van der Waals surface area contributed by atoms with Crippen molar-refractivity contribution >= 4 is 17.8 Å².